The van der Waals surface area contributed by atoms with E-state index in [0.717, 1.165) is 24.4 Å². The molecule has 1 aliphatic heterocycles. The highest BCUT2D eigenvalue weighted by molar-refractivity contribution is 7.86. The molecule has 0 bridgehead atoms. The maximum absolute atomic E-state index is 12.4. The minimum Gasteiger partial charge on any atom is -0.329 e. The van der Waals surface area contributed by atoms with Crippen LogP contribution in [0.2, 0.25) is 0 Å². The molecule has 0 saturated carbocycles. The molecule has 8 heteroatoms. The molecular weight excluding hydrogens is 326 g/mol. The summed E-state index contributed by atoms with van der Waals surface area (Å²) in [5.41, 5.74) is 0.963. The zero-order valence-electron chi connectivity index (χ0n) is 14.0. The third-order valence-electron chi connectivity index (χ3n) is 4.34. The first-order chi connectivity index (χ1) is 11.5. The Morgan fingerprint density at radius 1 is 1.25 bits per heavy atom. The first-order valence-electron chi connectivity index (χ1n) is 8.07. The highest BCUT2D eigenvalue weighted by Gasteiger charge is 2.32. The van der Waals surface area contributed by atoms with Crippen molar-refractivity contribution in [1.82, 2.24) is 23.1 Å². The number of aromatic nitrogens is 3. The van der Waals surface area contributed by atoms with E-state index in [1.54, 1.807) is 30.8 Å². The highest BCUT2D eigenvalue weighted by atomic mass is 32.2. The molecule has 7 nitrogen and oxygen atoms in total. The van der Waals surface area contributed by atoms with Crippen LogP contribution >= 0.6 is 0 Å². The summed E-state index contributed by atoms with van der Waals surface area (Å²) in [5, 5.41) is 0. The molecule has 0 aromatic carbocycles. The van der Waals surface area contributed by atoms with Gasteiger partial charge in [0, 0.05) is 51.7 Å². The molecule has 0 spiro atoms. The van der Waals surface area contributed by atoms with Crippen molar-refractivity contribution in [2.45, 2.75) is 25.3 Å². The Hall–Kier alpha value is -1.77. The van der Waals surface area contributed by atoms with Gasteiger partial charge in [0.2, 0.25) is 0 Å². The smallest absolute Gasteiger partial charge is 0.281 e. The molecule has 2 aromatic rings. The SMILES string of the molecule is CN(C)S(=O)(=O)N1CCCC(c2nccn2Cc2ccccn2)C1. The van der Waals surface area contributed by atoms with Gasteiger partial charge in [-0.2, -0.15) is 17.0 Å². The van der Waals surface area contributed by atoms with E-state index in [2.05, 4.69) is 14.5 Å². The minimum atomic E-state index is -3.38. The fourth-order valence-electron chi connectivity index (χ4n) is 3.07. The molecule has 1 fully saturated rings. The zero-order chi connectivity index (χ0) is 17.2. The Labute approximate surface area is 143 Å². The summed E-state index contributed by atoms with van der Waals surface area (Å²) in [6.45, 7) is 1.69. The normalized spacial score (nSPS) is 19.7. The van der Waals surface area contributed by atoms with Crippen molar-refractivity contribution in [2.24, 2.45) is 0 Å². The van der Waals surface area contributed by atoms with Crippen LogP contribution in [-0.4, -0.2) is 58.7 Å². The van der Waals surface area contributed by atoms with Gasteiger partial charge in [-0.3, -0.25) is 4.98 Å². The Balaban J connectivity index is 1.79. The summed E-state index contributed by atoms with van der Waals surface area (Å²) in [7, 11) is -0.238. The van der Waals surface area contributed by atoms with Gasteiger partial charge >= 0.3 is 0 Å². The molecule has 3 heterocycles. The number of hydrogen-bond donors (Lipinski definition) is 0. The first-order valence-corrected chi connectivity index (χ1v) is 9.46. The average molecular weight is 349 g/mol. The second-order valence-electron chi connectivity index (χ2n) is 6.22. The van der Waals surface area contributed by atoms with Gasteiger partial charge in [-0.15, -0.1) is 0 Å². The zero-order valence-corrected chi connectivity index (χ0v) is 14.9. The van der Waals surface area contributed by atoms with Crippen molar-refractivity contribution in [1.29, 1.82) is 0 Å². The molecule has 3 rings (SSSR count). The molecule has 1 aliphatic rings. The van der Waals surface area contributed by atoms with Gasteiger partial charge in [0.05, 0.1) is 12.2 Å². The Morgan fingerprint density at radius 3 is 2.79 bits per heavy atom. The van der Waals surface area contributed by atoms with Crippen LogP contribution in [0, 0.1) is 0 Å². The summed E-state index contributed by atoms with van der Waals surface area (Å²) in [4.78, 5) is 8.85. The second-order valence-corrected chi connectivity index (χ2v) is 8.36. The molecule has 0 aliphatic carbocycles. The van der Waals surface area contributed by atoms with Crippen LogP contribution in [0.1, 0.15) is 30.3 Å². The summed E-state index contributed by atoms with van der Waals surface area (Å²) in [6.07, 6.45) is 7.27. The number of hydrogen-bond acceptors (Lipinski definition) is 4. The number of nitrogens with zero attached hydrogens (tertiary/aromatic N) is 5. The number of imidazole rings is 1. The Kier molecular flexibility index (Phi) is 4.98. The lowest BCUT2D eigenvalue weighted by Crippen LogP contribution is -2.45. The number of pyridine rings is 1. The molecule has 2 aromatic heterocycles. The third kappa shape index (κ3) is 3.50. The molecule has 0 N–H and O–H groups in total. The molecule has 0 radical (unpaired) electrons. The lowest BCUT2D eigenvalue weighted by molar-refractivity contribution is 0.290. The maximum Gasteiger partial charge on any atom is 0.281 e. The number of piperidine rings is 1. The van der Waals surface area contributed by atoms with E-state index in [-0.39, 0.29) is 5.92 Å². The van der Waals surface area contributed by atoms with E-state index < -0.39 is 10.2 Å². The molecule has 1 unspecified atom stereocenters. The predicted octanol–water partition coefficient (Wildman–Crippen LogP) is 1.31. The Morgan fingerprint density at radius 2 is 2.08 bits per heavy atom. The first kappa shape index (κ1) is 17.1. The van der Waals surface area contributed by atoms with Gasteiger partial charge in [0.25, 0.3) is 10.2 Å². The van der Waals surface area contributed by atoms with Gasteiger partial charge in [0.1, 0.15) is 5.82 Å². The minimum absolute atomic E-state index is 0.104. The van der Waals surface area contributed by atoms with Crippen LogP contribution < -0.4 is 0 Å². The fourth-order valence-corrected chi connectivity index (χ4v) is 4.26. The molecule has 24 heavy (non-hydrogen) atoms. The molecule has 0 amide bonds. The molecule has 130 valence electrons. The Bertz CT molecular complexity index is 773. The van der Waals surface area contributed by atoms with Crippen molar-refractivity contribution >= 4 is 10.2 Å². The van der Waals surface area contributed by atoms with Crippen LogP contribution in [0.4, 0.5) is 0 Å². The fraction of sp³-hybridized carbons (Fsp3) is 0.500. The van der Waals surface area contributed by atoms with Crippen LogP contribution in [0.15, 0.2) is 36.8 Å². The standard InChI is InChI=1S/C16H23N5O2S/c1-19(2)24(22,23)21-10-5-6-14(12-21)16-18-9-11-20(16)13-15-7-3-4-8-17-15/h3-4,7-9,11,14H,5-6,10,12-13H2,1-2H3. The lowest BCUT2D eigenvalue weighted by atomic mass is 9.99. The predicted molar refractivity (Wildman–Crippen MR) is 91.7 cm³/mol. The molecular formula is C16H23N5O2S. The highest BCUT2D eigenvalue weighted by Crippen LogP contribution is 2.28. The van der Waals surface area contributed by atoms with E-state index in [1.807, 2.05) is 24.4 Å². The van der Waals surface area contributed by atoms with Gasteiger partial charge < -0.3 is 4.57 Å². The summed E-state index contributed by atoms with van der Waals surface area (Å²) in [6, 6.07) is 5.84. The third-order valence-corrected chi connectivity index (χ3v) is 6.25. The van der Waals surface area contributed by atoms with E-state index in [0.29, 0.717) is 19.6 Å². The average Bonchev–Trinajstić information content (AvgIpc) is 3.04. The monoisotopic (exact) mass is 349 g/mol. The van der Waals surface area contributed by atoms with Gasteiger partial charge in [0.15, 0.2) is 0 Å². The summed E-state index contributed by atoms with van der Waals surface area (Å²) in [5.74, 6) is 1.03. The van der Waals surface area contributed by atoms with Gasteiger partial charge in [-0.25, -0.2) is 4.98 Å². The van der Waals surface area contributed by atoms with Crippen LogP contribution in [-0.2, 0) is 16.8 Å². The van der Waals surface area contributed by atoms with Crippen LogP contribution in [0.5, 0.6) is 0 Å². The lowest BCUT2D eigenvalue weighted by Gasteiger charge is -2.33. The summed E-state index contributed by atoms with van der Waals surface area (Å²) < 4.78 is 29.7. The van der Waals surface area contributed by atoms with E-state index in [4.69, 9.17) is 0 Å². The van der Waals surface area contributed by atoms with Gasteiger partial charge in [-0.1, -0.05) is 6.07 Å². The van der Waals surface area contributed by atoms with E-state index in [9.17, 15) is 8.42 Å². The second kappa shape index (κ2) is 7.00. The van der Waals surface area contributed by atoms with Crippen molar-refractivity contribution in [3.8, 4) is 0 Å². The molecule has 1 atom stereocenters. The largest absolute Gasteiger partial charge is 0.329 e. The van der Waals surface area contributed by atoms with Crippen molar-refractivity contribution in [2.75, 3.05) is 27.2 Å². The van der Waals surface area contributed by atoms with Gasteiger partial charge in [-0.05, 0) is 25.0 Å². The number of rotatable bonds is 5. The van der Waals surface area contributed by atoms with Crippen LogP contribution in [0.3, 0.4) is 0 Å². The summed E-state index contributed by atoms with van der Waals surface area (Å²) >= 11 is 0. The maximum atomic E-state index is 12.4. The van der Waals surface area contributed by atoms with E-state index in [1.165, 1.54) is 4.31 Å². The van der Waals surface area contributed by atoms with Crippen molar-refractivity contribution < 1.29 is 8.42 Å². The van der Waals surface area contributed by atoms with Crippen molar-refractivity contribution in [3.05, 3.63) is 48.3 Å². The van der Waals surface area contributed by atoms with Crippen molar-refractivity contribution in [3.63, 3.8) is 0 Å². The van der Waals surface area contributed by atoms with Crippen LogP contribution in [0.25, 0.3) is 0 Å². The quantitative estimate of drug-likeness (QED) is 0.816. The topological polar surface area (TPSA) is 71.3 Å². The van der Waals surface area contributed by atoms with E-state index >= 15 is 0 Å². The molecule has 1 saturated heterocycles.